The molecule has 1 saturated carbocycles. The molecule has 1 N–H and O–H groups in total. The minimum absolute atomic E-state index is 0.192. The maximum Gasteiger partial charge on any atom is 0.333 e. The van der Waals surface area contributed by atoms with Crippen molar-refractivity contribution in [3.8, 4) is 0 Å². The van der Waals surface area contributed by atoms with Crippen molar-refractivity contribution in [2.24, 2.45) is 10.5 Å². The number of carbonyl (C=O) groups excluding carboxylic acids is 1. The van der Waals surface area contributed by atoms with Gasteiger partial charge in [0.25, 0.3) is 0 Å². The maximum atomic E-state index is 11.8. The van der Waals surface area contributed by atoms with Gasteiger partial charge in [0, 0.05) is 6.21 Å². The minimum Gasteiger partial charge on any atom is -0.467 e. The summed E-state index contributed by atoms with van der Waals surface area (Å²) < 4.78 is 4.86. The molecule has 0 atom stereocenters. The summed E-state index contributed by atoms with van der Waals surface area (Å²) in [7, 11) is 1.43. The summed E-state index contributed by atoms with van der Waals surface area (Å²) in [5.74, 6) is -0.192. The van der Waals surface area contributed by atoms with E-state index in [1.165, 1.54) is 7.11 Å². The average molecular weight is 240 g/mol. The normalized spacial score (nSPS) is 19.5. The van der Waals surface area contributed by atoms with Gasteiger partial charge in [0.2, 0.25) is 0 Å². The molecule has 0 saturated heterocycles. The average Bonchev–Trinajstić information content (AvgIpc) is 2.72. The van der Waals surface area contributed by atoms with E-state index in [0.717, 1.165) is 32.1 Å². The Balaban J connectivity index is 2.54. The molecule has 4 heteroatoms. The maximum absolute atomic E-state index is 11.8. The number of ether oxygens (including phenoxy) is 1. The van der Waals surface area contributed by atoms with Gasteiger partial charge < -0.3 is 4.74 Å². The van der Waals surface area contributed by atoms with Gasteiger partial charge in [0.05, 0.1) is 7.11 Å². The number of esters is 1. The Bertz CT molecular complexity index is 286. The second-order valence-corrected chi connectivity index (χ2v) is 5.97. The fourth-order valence-corrected chi connectivity index (χ4v) is 2.02. The predicted molar refractivity (Wildman–Crippen MR) is 68.9 cm³/mol. The standard InChI is InChI=1S/C13H24N2O2/c1-12(2,3)9-10-14-15-13(11(16)17-4)7-5-6-8-13/h10,15H,5-9H2,1-4H3/b14-10-. The highest BCUT2D eigenvalue weighted by Gasteiger charge is 2.42. The zero-order valence-corrected chi connectivity index (χ0v) is 11.4. The molecule has 0 spiro atoms. The van der Waals surface area contributed by atoms with Crippen molar-refractivity contribution in [1.29, 1.82) is 0 Å². The highest BCUT2D eigenvalue weighted by molar-refractivity contribution is 5.81. The van der Waals surface area contributed by atoms with E-state index in [1.54, 1.807) is 0 Å². The second kappa shape index (κ2) is 5.52. The molecule has 0 bridgehead atoms. The first-order valence-corrected chi connectivity index (χ1v) is 6.27. The minimum atomic E-state index is -0.580. The van der Waals surface area contributed by atoms with Crippen LogP contribution >= 0.6 is 0 Å². The molecular formula is C13H24N2O2. The van der Waals surface area contributed by atoms with Crippen LogP contribution in [0.15, 0.2) is 5.10 Å². The van der Waals surface area contributed by atoms with Crippen molar-refractivity contribution in [1.82, 2.24) is 5.43 Å². The smallest absolute Gasteiger partial charge is 0.333 e. The summed E-state index contributed by atoms with van der Waals surface area (Å²) in [6, 6.07) is 0. The van der Waals surface area contributed by atoms with Gasteiger partial charge in [-0.3, -0.25) is 5.43 Å². The molecule has 0 unspecified atom stereocenters. The van der Waals surface area contributed by atoms with Crippen LogP contribution < -0.4 is 5.43 Å². The van der Waals surface area contributed by atoms with Crippen molar-refractivity contribution >= 4 is 12.2 Å². The topological polar surface area (TPSA) is 50.7 Å². The molecule has 17 heavy (non-hydrogen) atoms. The number of carbonyl (C=O) groups is 1. The van der Waals surface area contributed by atoms with Gasteiger partial charge in [-0.05, 0) is 24.7 Å². The van der Waals surface area contributed by atoms with E-state index < -0.39 is 5.54 Å². The Labute approximate surface area is 104 Å². The van der Waals surface area contributed by atoms with Crippen LogP contribution in [0.25, 0.3) is 0 Å². The molecule has 1 aliphatic carbocycles. The number of nitrogens with zero attached hydrogens (tertiary/aromatic N) is 1. The van der Waals surface area contributed by atoms with Crippen LogP contribution in [-0.4, -0.2) is 24.8 Å². The Morgan fingerprint density at radius 3 is 2.47 bits per heavy atom. The second-order valence-electron chi connectivity index (χ2n) is 5.97. The fourth-order valence-electron chi connectivity index (χ4n) is 2.02. The zero-order valence-electron chi connectivity index (χ0n) is 11.4. The van der Waals surface area contributed by atoms with Crippen LogP contribution in [-0.2, 0) is 9.53 Å². The summed E-state index contributed by atoms with van der Waals surface area (Å²) >= 11 is 0. The van der Waals surface area contributed by atoms with Gasteiger partial charge >= 0.3 is 5.97 Å². The number of hydrogen-bond acceptors (Lipinski definition) is 4. The monoisotopic (exact) mass is 240 g/mol. The lowest BCUT2D eigenvalue weighted by Gasteiger charge is -2.25. The third-order valence-corrected chi connectivity index (χ3v) is 3.11. The highest BCUT2D eigenvalue weighted by atomic mass is 16.5. The molecule has 0 aliphatic heterocycles. The first-order chi connectivity index (χ1) is 7.90. The number of rotatable bonds is 4. The Kier molecular flexibility index (Phi) is 4.54. The van der Waals surface area contributed by atoms with Crippen molar-refractivity contribution in [2.45, 2.75) is 58.4 Å². The Hall–Kier alpha value is -1.06. The van der Waals surface area contributed by atoms with Gasteiger partial charge in [0.1, 0.15) is 0 Å². The van der Waals surface area contributed by atoms with Crippen molar-refractivity contribution in [3.05, 3.63) is 0 Å². The van der Waals surface area contributed by atoms with Crippen molar-refractivity contribution in [3.63, 3.8) is 0 Å². The van der Waals surface area contributed by atoms with Gasteiger partial charge in [-0.2, -0.15) is 5.10 Å². The van der Waals surface area contributed by atoms with E-state index in [4.69, 9.17) is 4.74 Å². The molecule has 0 heterocycles. The molecule has 1 fully saturated rings. The highest BCUT2D eigenvalue weighted by Crippen LogP contribution is 2.30. The summed E-state index contributed by atoms with van der Waals surface area (Å²) in [6.45, 7) is 6.47. The summed E-state index contributed by atoms with van der Waals surface area (Å²) in [5.41, 5.74) is 2.65. The van der Waals surface area contributed by atoms with Crippen LogP contribution in [0.4, 0.5) is 0 Å². The molecule has 0 aromatic carbocycles. The Morgan fingerprint density at radius 2 is 2.00 bits per heavy atom. The van der Waals surface area contributed by atoms with Crippen LogP contribution in [0.5, 0.6) is 0 Å². The van der Waals surface area contributed by atoms with E-state index in [0.29, 0.717) is 0 Å². The molecule has 0 aromatic rings. The largest absolute Gasteiger partial charge is 0.467 e. The lowest BCUT2D eigenvalue weighted by atomic mass is 9.93. The first kappa shape index (κ1) is 14.0. The fraction of sp³-hybridized carbons (Fsp3) is 0.846. The number of hydrazone groups is 1. The zero-order chi connectivity index (χ0) is 12.9. The van der Waals surface area contributed by atoms with Crippen LogP contribution in [0.2, 0.25) is 0 Å². The molecular weight excluding hydrogens is 216 g/mol. The summed E-state index contributed by atoms with van der Waals surface area (Å²) in [4.78, 5) is 11.8. The summed E-state index contributed by atoms with van der Waals surface area (Å²) in [5, 5.41) is 4.20. The van der Waals surface area contributed by atoms with E-state index >= 15 is 0 Å². The third kappa shape index (κ3) is 4.02. The van der Waals surface area contributed by atoms with E-state index in [1.807, 2.05) is 6.21 Å². The molecule has 0 amide bonds. The Morgan fingerprint density at radius 1 is 1.41 bits per heavy atom. The lowest BCUT2D eigenvalue weighted by Crippen LogP contribution is -2.48. The van der Waals surface area contributed by atoms with Gasteiger partial charge in [-0.25, -0.2) is 4.79 Å². The van der Waals surface area contributed by atoms with Gasteiger partial charge in [-0.1, -0.05) is 33.6 Å². The number of methoxy groups -OCH3 is 1. The molecule has 1 aliphatic rings. The van der Waals surface area contributed by atoms with E-state index in [2.05, 4.69) is 31.3 Å². The third-order valence-electron chi connectivity index (χ3n) is 3.11. The molecule has 0 aromatic heterocycles. The van der Waals surface area contributed by atoms with E-state index in [-0.39, 0.29) is 11.4 Å². The molecule has 0 radical (unpaired) electrons. The quantitative estimate of drug-likeness (QED) is 0.466. The SMILES string of the molecule is COC(=O)C1(N/N=C\CC(C)(C)C)CCCC1. The predicted octanol–water partition coefficient (Wildman–Crippen LogP) is 2.48. The van der Waals surface area contributed by atoms with Gasteiger partial charge in [0.15, 0.2) is 5.54 Å². The first-order valence-electron chi connectivity index (χ1n) is 6.27. The van der Waals surface area contributed by atoms with E-state index in [9.17, 15) is 4.79 Å². The van der Waals surface area contributed by atoms with Crippen molar-refractivity contribution in [2.75, 3.05) is 7.11 Å². The summed E-state index contributed by atoms with van der Waals surface area (Å²) in [6.07, 6.45) is 6.47. The van der Waals surface area contributed by atoms with Gasteiger partial charge in [-0.15, -0.1) is 0 Å². The van der Waals surface area contributed by atoms with Crippen LogP contribution in [0.1, 0.15) is 52.9 Å². The molecule has 98 valence electrons. The van der Waals surface area contributed by atoms with Crippen LogP contribution in [0, 0.1) is 5.41 Å². The molecule has 4 nitrogen and oxygen atoms in total. The number of nitrogens with one attached hydrogen (secondary N) is 1. The van der Waals surface area contributed by atoms with Crippen LogP contribution in [0.3, 0.4) is 0 Å². The lowest BCUT2D eigenvalue weighted by molar-refractivity contribution is -0.148. The molecule has 1 rings (SSSR count). The van der Waals surface area contributed by atoms with Crippen molar-refractivity contribution < 1.29 is 9.53 Å². The number of hydrogen-bond donors (Lipinski definition) is 1.